The van der Waals surface area contributed by atoms with Crippen LogP contribution in [-0.4, -0.2) is 35.0 Å². The first kappa shape index (κ1) is 14.1. The minimum Gasteiger partial charge on any atom is -0.481 e. The molecule has 1 amide bonds. The van der Waals surface area contributed by atoms with Gasteiger partial charge in [-0.1, -0.05) is 18.4 Å². The highest BCUT2D eigenvalue weighted by Crippen LogP contribution is 2.44. The summed E-state index contributed by atoms with van der Waals surface area (Å²) < 4.78 is 0. The van der Waals surface area contributed by atoms with Crippen molar-refractivity contribution in [3.05, 3.63) is 11.6 Å². The standard InChI is InChI=1S/C15H23NO3/c1-11(2)8-13(17)16-7-3-6-15(10-16,14(18)19)9-12-4-5-12/h8,12H,3-7,9-10H2,1-2H3,(H,18,19)/t15-/m0/s1. The molecule has 1 N–H and O–H groups in total. The molecule has 1 aliphatic carbocycles. The fourth-order valence-electron chi connectivity index (χ4n) is 2.96. The molecule has 1 saturated heterocycles. The van der Waals surface area contributed by atoms with Crippen LogP contribution in [0.3, 0.4) is 0 Å². The number of rotatable bonds is 4. The van der Waals surface area contributed by atoms with E-state index in [1.54, 1.807) is 11.0 Å². The molecule has 1 aliphatic heterocycles. The number of carboxylic acids is 1. The molecule has 19 heavy (non-hydrogen) atoms. The number of hydrogen-bond donors (Lipinski definition) is 1. The highest BCUT2D eigenvalue weighted by atomic mass is 16.4. The van der Waals surface area contributed by atoms with Gasteiger partial charge in [-0.15, -0.1) is 0 Å². The van der Waals surface area contributed by atoms with Gasteiger partial charge >= 0.3 is 5.97 Å². The lowest BCUT2D eigenvalue weighted by Gasteiger charge is -2.39. The molecule has 2 rings (SSSR count). The lowest BCUT2D eigenvalue weighted by atomic mass is 9.75. The molecule has 2 aliphatic rings. The van der Waals surface area contributed by atoms with Crippen LogP contribution in [0.5, 0.6) is 0 Å². The summed E-state index contributed by atoms with van der Waals surface area (Å²) in [5.41, 5.74) is 0.253. The van der Waals surface area contributed by atoms with E-state index in [4.69, 9.17) is 0 Å². The van der Waals surface area contributed by atoms with Crippen LogP contribution in [0.2, 0.25) is 0 Å². The van der Waals surface area contributed by atoms with Crippen molar-refractivity contribution in [1.82, 2.24) is 4.90 Å². The van der Waals surface area contributed by atoms with Gasteiger partial charge in [0.15, 0.2) is 0 Å². The van der Waals surface area contributed by atoms with E-state index < -0.39 is 11.4 Å². The van der Waals surface area contributed by atoms with E-state index in [-0.39, 0.29) is 5.91 Å². The monoisotopic (exact) mass is 265 g/mol. The van der Waals surface area contributed by atoms with Gasteiger partial charge in [0.2, 0.25) is 5.91 Å². The van der Waals surface area contributed by atoms with Gasteiger partial charge in [-0.25, -0.2) is 0 Å². The van der Waals surface area contributed by atoms with Crippen LogP contribution >= 0.6 is 0 Å². The second-order valence-corrected chi connectivity index (χ2v) is 6.32. The molecule has 0 unspecified atom stereocenters. The molecule has 4 nitrogen and oxygen atoms in total. The molecule has 0 radical (unpaired) electrons. The Kier molecular flexibility index (Phi) is 3.97. The van der Waals surface area contributed by atoms with Crippen LogP contribution in [0, 0.1) is 11.3 Å². The molecule has 0 bridgehead atoms. The summed E-state index contributed by atoms with van der Waals surface area (Å²) in [4.78, 5) is 25.5. The topological polar surface area (TPSA) is 57.6 Å². The van der Waals surface area contributed by atoms with Gasteiger partial charge in [0, 0.05) is 19.2 Å². The number of carbonyl (C=O) groups is 2. The molecular weight excluding hydrogens is 242 g/mol. The van der Waals surface area contributed by atoms with Gasteiger partial charge in [-0.2, -0.15) is 0 Å². The Bertz CT molecular complexity index is 408. The molecule has 0 aromatic carbocycles. The number of aliphatic carboxylic acids is 1. The van der Waals surface area contributed by atoms with Crippen LogP contribution < -0.4 is 0 Å². The van der Waals surface area contributed by atoms with E-state index in [2.05, 4.69) is 0 Å². The van der Waals surface area contributed by atoms with Crippen LogP contribution in [0.15, 0.2) is 11.6 Å². The summed E-state index contributed by atoms with van der Waals surface area (Å²) in [7, 11) is 0. The predicted molar refractivity (Wildman–Crippen MR) is 72.7 cm³/mol. The molecule has 1 saturated carbocycles. The fraction of sp³-hybridized carbons (Fsp3) is 0.733. The average molecular weight is 265 g/mol. The largest absolute Gasteiger partial charge is 0.481 e. The normalized spacial score (nSPS) is 26.9. The number of likely N-dealkylation sites (tertiary alicyclic amines) is 1. The predicted octanol–water partition coefficient (Wildman–Crippen LogP) is 2.45. The first-order chi connectivity index (χ1) is 8.93. The highest BCUT2D eigenvalue weighted by Gasteiger charge is 2.46. The number of amides is 1. The summed E-state index contributed by atoms with van der Waals surface area (Å²) >= 11 is 0. The van der Waals surface area contributed by atoms with Crippen molar-refractivity contribution in [1.29, 1.82) is 0 Å². The molecule has 0 spiro atoms. The first-order valence-corrected chi connectivity index (χ1v) is 7.10. The van der Waals surface area contributed by atoms with E-state index >= 15 is 0 Å². The van der Waals surface area contributed by atoms with Crippen LogP contribution in [0.4, 0.5) is 0 Å². The van der Waals surface area contributed by atoms with Crippen molar-refractivity contribution >= 4 is 11.9 Å². The Morgan fingerprint density at radius 1 is 1.37 bits per heavy atom. The number of nitrogens with zero attached hydrogens (tertiary/aromatic N) is 1. The third-order valence-electron chi connectivity index (χ3n) is 4.13. The maximum absolute atomic E-state index is 12.1. The zero-order valence-electron chi connectivity index (χ0n) is 11.8. The van der Waals surface area contributed by atoms with Gasteiger partial charge in [-0.05, 0) is 39.0 Å². The molecule has 106 valence electrons. The Balaban J connectivity index is 2.10. The lowest BCUT2D eigenvalue weighted by molar-refractivity contribution is -0.155. The minimum absolute atomic E-state index is 0.0406. The average Bonchev–Trinajstić information content (AvgIpc) is 3.12. The van der Waals surface area contributed by atoms with Crippen LogP contribution in [-0.2, 0) is 9.59 Å². The molecule has 1 atom stereocenters. The van der Waals surface area contributed by atoms with Crippen molar-refractivity contribution < 1.29 is 14.7 Å². The second kappa shape index (κ2) is 5.35. The van der Waals surface area contributed by atoms with Crippen molar-refractivity contribution in [3.8, 4) is 0 Å². The van der Waals surface area contributed by atoms with Gasteiger partial charge in [0.25, 0.3) is 0 Å². The van der Waals surface area contributed by atoms with Crippen molar-refractivity contribution in [3.63, 3.8) is 0 Å². The van der Waals surface area contributed by atoms with E-state index in [0.717, 1.165) is 31.3 Å². The van der Waals surface area contributed by atoms with E-state index in [1.807, 2.05) is 13.8 Å². The number of carboxylic acid groups (broad SMARTS) is 1. The molecule has 0 aromatic rings. The Hall–Kier alpha value is -1.32. The zero-order valence-corrected chi connectivity index (χ0v) is 11.8. The quantitative estimate of drug-likeness (QED) is 0.794. The maximum atomic E-state index is 12.1. The number of carbonyl (C=O) groups excluding carboxylic acids is 1. The van der Waals surface area contributed by atoms with Gasteiger partial charge in [-0.3, -0.25) is 9.59 Å². The second-order valence-electron chi connectivity index (χ2n) is 6.32. The van der Waals surface area contributed by atoms with Crippen molar-refractivity contribution in [2.75, 3.05) is 13.1 Å². The van der Waals surface area contributed by atoms with E-state index in [1.165, 1.54) is 0 Å². The third kappa shape index (κ3) is 3.37. The summed E-state index contributed by atoms with van der Waals surface area (Å²) in [6.07, 6.45) is 6.14. The molecule has 0 aromatic heterocycles. The fourth-order valence-corrected chi connectivity index (χ4v) is 2.96. The molecular formula is C15H23NO3. The highest BCUT2D eigenvalue weighted by molar-refractivity contribution is 5.89. The molecule has 1 heterocycles. The lowest BCUT2D eigenvalue weighted by Crippen LogP contribution is -2.49. The van der Waals surface area contributed by atoms with E-state index in [9.17, 15) is 14.7 Å². The third-order valence-corrected chi connectivity index (χ3v) is 4.13. The number of piperidine rings is 1. The van der Waals surface area contributed by atoms with Crippen molar-refractivity contribution in [2.24, 2.45) is 11.3 Å². The summed E-state index contributed by atoms with van der Waals surface area (Å²) in [6.45, 7) is 4.83. The van der Waals surface area contributed by atoms with E-state index in [0.29, 0.717) is 25.4 Å². The van der Waals surface area contributed by atoms with Crippen molar-refractivity contribution in [2.45, 2.75) is 46.0 Å². The zero-order chi connectivity index (χ0) is 14.0. The molecule has 4 heteroatoms. The molecule has 2 fully saturated rings. The Morgan fingerprint density at radius 2 is 2.05 bits per heavy atom. The Labute approximate surface area is 114 Å². The SMILES string of the molecule is CC(C)=CC(=O)N1CCC[C@@](CC2CC2)(C(=O)O)C1. The Morgan fingerprint density at radius 3 is 2.58 bits per heavy atom. The summed E-state index contributed by atoms with van der Waals surface area (Å²) in [5, 5.41) is 9.59. The van der Waals surface area contributed by atoms with Gasteiger partial charge in [0.1, 0.15) is 0 Å². The van der Waals surface area contributed by atoms with Crippen LogP contribution in [0.25, 0.3) is 0 Å². The van der Waals surface area contributed by atoms with Gasteiger partial charge in [0.05, 0.1) is 5.41 Å². The van der Waals surface area contributed by atoms with Gasteiger partial charge < -0.3 is 10.0 Å². The minimum atomic E-state index is -0.728. The van der Waals surface area contributed by atoms with Crippen LogP contribution in [0.1, 0.15) is 46.0 Å². The number of hydrogen-bond acceptors (Lipinski definition) is 2. The smallest absolute Gasteiger partial charge is 0.311 e. The summed E-state index contributed by atoms with van der Waals surface area (Å²) in [5.74, 6) is -0.204. The first-order valence-electron chi connectivity index (χ1n) is 7.10. The number of allylic oxidation sites excluding steroid dienone is 1. The summed E-state index contributed by atoms with van der Waals surface area (Å²) in [6, 6.07) is 0. The maximum Gasteiger partial charge on any atom is 0.311 e.